The van der Waals surface area contributed by atoms with Gasteiger partial charge in [0.15, 0.2) is 0 Å². The average molecular weight is 276 g/mol. The first-order valence-electron chi connectivity index (χ1n) is 7.88. The smallest absolute Gasteiger partial charge is 0.217 e. The van der Waals surface area contributed by atoms with E-state index in [9.17, 15) is 0 Å². The highest BCUT2D eigenvalue weighted by Crippen LogP contribution is 2.41. The summed E-state index contributed by atoms with van der Waals surface area (Å²) in [5.41, 5.74) is 1.21. The monoisotopic (exact) mass is 276 g/mol. The first-order valence-corrected chi connectivity index (χ1v) is 7.88. The van der Waals surface area contributed by atoms with Crippen molar-refractivity contribution < 1.29 is 4.74 Å². The van der Waals surface area contributed by atoms with Crippen LogP contribution in [-0.4, -0.2) is 18.6 Å². The first-order chi connectivity index (χ1) is 9.65. The van der Waals surface area contributed by atoms with Crippen molar-refractivity contribution in [2.45, 2.75) is 46.1 Å². The van der Waals surface area contributed by atoms with Crippen LogP contribution in [0.3, 0.4) is 0 Å². The number of hydrogen-bond acceptors (Lipinski definition) is 3. The molecule has 0 bridgehead atoms. The Morgan fingerprint density at radius 1 is 1.30 bits per heavy atom. The van der Waals surface area contributed by atoms with Crippen LogP contribution in [0.2, 0.25) is 0 Å². The van der Waals surface area contributed by atoms with Crippen LogP contribution in [0, 0.1) is 17.8 Å². The Morgan fingerprint density at radius 3 is 2.60 bits per heavy atom. The van der Waals surface area contributed by atoms with Crippen LogP contribution < -0.4 is 10.1 Å². The number of ether oxygens (including phenoxy) is 1. The zero-order chi connectivity index (χ0) is 14.5. The number of methoxy groups -OCH3 is 1. The van der Waals surface area contributed by atoms with Crippen LogP contribution in [0.4, 0.5) is 0 Å². The molecule has 3 atom stereocenters. The second-order valence-electron chi connectivity index (χ2n) is 6.31. The number of hydrogen-bond donors (Lipinski definition) is 1. The zero-order valence-electron chi connectivity index (χ0n) is 13.2. The minimum absolute atomic E-state index is 0.355. The Morgan fingerprint density at radius 2 is 2.00 bits per heavy atom. The molecular weight excluding hydrogens is 248 g/mol. The van der Waals surface area contributed by atoms with Gasteiger partial charge >= 0.3 is 0 Å². The molecule has 20 heavy (non-hydrogen) atoms. The minimum Gasteiger partial charge on any atom is -0.481 e. The molecule has 3 nitrogen and oxygen atoms in total. The molecule has 2 rings (SSSR count). The lowest BCUT2D eigenvalue weighted by Crippen LogP contribution is -2.33. The van der Waals surface area contributed by atoms with Gasteiger partial charge in [0.1, 0.15) is 0 Å². The van der Waals surface area contributed by atoms with Crippen molar-refractivity contribution in [1.29, 1.82) is 0 Å². The molecule has 0 spiro atoms. The summed E-state index contributed by atoms with van der Waals surface area (Å²) >= 11 is 0. The third-order valence-corrected chi connectivity index (χ3v) is 4.44. The molecule has 1 saturated carbocycles. The van der Waals surface area contributed by atoms with Crippen molar-refractivity contribution in [2.75, 3.05) is 13.7 Å². The van der Waals surface area contributed by atoms with Crippen LogP contribution in [0.15, 0.2) is 18.3 Å². The molecule has 1 aromatic heterocycles. The minimum atomic E-state index is 0.355. The summed E-state index contributed by atoms with van der Waals surface area (Å²) in [7, 11) is 1.71. The van der Waals surface area contributed by atoms with Crippen LogP contribution in [0.25, 0.3) is 0 Å². The van der Waals surface area contributed by atoms with E-state index in [1.54, 1.807) is 13.3 Å². The van der Waals surface area contributed by atoms with Crippen LogP contribution in [0.5, 0.6) is 5.88 Å². The van der Waals surface area contributed by atoms with Gasteiger partial charge in [0.25, 0.3) is 0 Å². The van der Waals surface area contributed by atoms with Crippen molar-refractivity contribution >= 4 is 0 Å². The highest BCUT2D eigenvalue weighted by Gasteiger charge is 2.32. The maximum absolute atomic E-state index is 5.47. The topological polar surface area (TPSA) is 34.2 Å². The van der Waals surface area contributed by atoms with Gasteiger partial charge in [-0.2, -0.15) is 0 Å². The lowest BCUT2D eigenvalue weighted by atomic mass is 9.72. The van der Waals surface area contributed by atoms with Gasteiger partial charge in [-0.1, -0.05) is 26.8 Å². The van der Waals surface area contributed by atoms with E-state index >= 15 is 0 Å². The molecule has 0 aromatic carbocycles. The van der Waals surface area contributed by atoms with E-state index in [1.807, 2.05) is 6.07 Å². The predicted octanol–water partition coefficient (Wildman–Crippen LogP) is 3.81. The third-order valence-electron chi connectivity index (χ3n) is 4.44. The van der Waals surface area contributed by atoms with Gasteiger partial charge < -0.3 is 10.1 Å². The lowest BCUT2D eigenvalue weighted by molar-refractivity contribution is 0.175. The molecule has 1 N–H and O–H groups in total. The van der Waals surface area contributed by atoms with Crippen molar-refractivity contribution in [3.8, 4) is 5.88 Å². The Kier molecular flexibility index (Phi) is 5.41. The first kappa shape index (κ1) is 15.3. The second kappa shape index (κ2) is 7.07. The van der Waals surface area contributed by atoms with Crippen molar-refractivity contribution in [3.05, 3.63) is 23.9 Å². The summed E-state index contributed by atoms with van der Waals surface area (Å²) in [6, 6.07) is 4.52. The van der Waals surface area contributed by atoms with E-state index in [4.69, 9.17) is 4.74 Å². The molecule has 112 valence electrons. The third kappa shape index (κ3) is 3.51. The second-order valence-corrected chi connectivity index (χ2v) is 6.31. The molecule has 0 amide bonds. The average Bonchev–Trinajstić information content (AvgIpc) is 2.43. The molecular formula is C17H28N2O. The van der Waals surface area contributed by atoms with E-state index in [1.165, 1.54) is 24.8 Å². The number of pyridine rings is 1. The number of aromatic nitrogens is 1. The van der Waals surface area contributed by atoms with Crippen molar-refractivity contribution in [2.24, 2.45) is 17.8 Å². The molecule has 1 aromatic rings. The van der Waals surface area contributed by atoms with Gasteiger partial charge in [0.05, 0.1) is 7.11 Å². The number of rotatable bonds is 5. The summed E-state index contributed by atoms with van der Waals surface area (Å²) in [6.45, 7) is 7.91. The molecule has 1 aliphatic carbocycles. The van der Waals surface area contributed by atoms with E-state index in [0.717, 1.165) is 24.3 Å². The van der Waals surface area contributed by atoms with Crippen molar-refractivity contribution in [1.82, 2.24) is 10.3 Å². The molecule has 3 heteroatoms. The number of nitrogens with one attached hydrogen (secondary N) is 1. The fourth-order valence-electron chi connectivity index (χ4n) is 3.84. The summed E-state index contributed by atoms with van der Waals surface area (Å²) < 4.78 is 5.47. The van der Waals surface area contributed by atoms with Crippen LogP contribution >= 0.6 is 0 Å². The Balaban J connectivity index is 2.25. The molecule has 1 aliphatic rings. The van der Waals surface area contributed by atoms with Crippen LogP contribution in [-0.2, 0) is 0 Å². The molecule has 0 saturated heterocycles. The fraction of sp³-hybridized carbons (Fsp3) is 0.706. The van der Waals surface area contributed by atoms with Gasteiger partial charge in [0, 0.05) is 17.8 Å². The van der Waals surface area contributed by atoms with Gasteiger partial charge in [-0.05, 0) is 49.6 Å². The normalized spacial score (nSPS) is 28.1. The maximum Gasteiger partial charge on any atom is 0.217 e. The van der Waals surface area contributed by atoms with Gasteiger partial charge in [-0.15, -0.1) is 0 Å². The highest BCUT2D eigenvalue weighted by atomic mass is 16.5. The quantitative estimate of drug-likeness (QED) is 0.888. The van der Waals surface area contributed by atoms with Crippen molar-refractivity contribution in [3.63, 3.8) is 0 Å². The SMILES string of the molecule is CCNC(c1cccnc1OC)C1CC(C)CC(C)C1. The van der Waals surface area contributed by atoms with Gasteiger partial charge in [-0.25, -0.2) is 4.98 Å². The van der Waals surface area contributed by atoms with E-state index in [2.05, 4.69) is 37.1 Å². The van der Waals surface area contributed by atoms with Gasteiger partial charge in [0.2, 0.25) is 5.88 Å². The highest BCUT2D eigenvalue weighted by molar-refractivity contribution is 5.29. The van der Waals surface area contributed by atoms with Gasteiger partial charge in [-0.3, -0.25) is 0 Å². The Bertz CT molecular complexity index is 411. The van der Waals surface area contributed by atoms with E-state index < -0.39 is 0 Å². The standard InChI is InChI=1S/C17H28N2O/c1-5-18-16(14-10-12(2)9-13(3)11-14)15-7-6-8-19-17(15)20-4/h6-8,12-14,16,18H,5,9-11H2,1-4H3. The Hall–Kier alpha value is -1.09. The zero-order valence-corrected chi connectivity index (χ0v) is 13.2. The largest absolute Gasteiger partial charge is 0.481 e. The molecule has 1 fully saturated rings. The molecule has 0 radical (unpaired) electrons. The molecule has 1 heterocycles. The van der Waals surface area contributed by atoms with E-state index in [0.29, 0.717) is 12.0 Å². The lowest BCUT2D eigenvalue weighted by Gasteiger charge is -2.37. The van der Waals surface area contributed by atoms with E-state index in [-0.39, 0.29) is 0 Å². The molecule has 3 unspecified atom stereocenters. The molecule has 0 aliphatic heterocycles. The summed E-state index contributed by atoms with van der Waals surface area (Å²) in [5.74, 6) is 3.07. The summed E-state index contributed by atoms with van der Waals surface area (Å²) in [6.07, 6.45) is 5.75. The predicted molar refractivity (Wildman–Crippen MR) is 82.9 cm³/mol. The maximum atomic E-state index is 5.47. The Labute approximate surface area is 123 Å². The summed E-state index contributed by atoms with van der Waals surface area (Å²) in [4.78, 5) is 4.37. The summed E-state index contributed by atoms with van der Waals surface area (Å²) in [5, 5.41) is 3.66. The number of nitrogens with zero attached hydrogens (tertiary/aromatic N) is 1. The fourth-order valence-corrected chi connectivity index (χ4v) is 3.84. The van der Waals surface area contributed by atoms with Crippen LogP contribution in [0.1, 0.15) is 51.6 Å².